The molecule has 0 amide bonds. The van der Waals surface area contributed by atoms with Crippen molar-refractivity contribution in [3.05, 3.63) is 87.2 Å². The summed E-state index contributed by atoms with van der Waals surface area (Å²) in [5.74, 6) is -0.531. The molecule has 3 rings (SSSR count). The maximum Gasteiger partial charge on any atom is 0.281 e. The van der Waals surface area contributed by atoms with Crippen LogP contribution in [0.5, 0.6) is 5.88 Å². The summed E-state index contributed by atoms with van der Waals surface area (Å²) in [6.07, 6.45) is 0. The van der Waals surface area contributed by atoms with Gasteiger partial charge in [0.1, 0.15) is 11.6 Å². The standard InChI is InChI=1S/C24H22N4O3/c1-15(2)14-28-23(30)19(13-25)16(3)21(24(28)31)27-26-20-12-8-7-11-18(20)22(29)17-9-5-4-6-10-17/h4-12,15,30H,14H2,1-3H3. The molecule has 1 heterocycles. The van der Waals surface area contributed by atoms with Gasteiger partial charge in [-0.15, -0.1) is 10.2 Å². The smallest absolute Gasteiger partial charge is 0.281 e. The lowest BCUT2D eigenvalue weighted by atomic mass is 10.0. The van der Waals surface area contributed by atoms with Crippen molar-refractivity contribution in [2.45, 2.75) is 27.3 Å². The molecule has 2 aromatic carbocycles. The van der Waals surface area contributed by atoms with Crippen LogP contribution in [0.4, 0.5) is 11.4 Å². The van der Waals surface area contributed by atoms with Crippen LogP contribution in [-0.4, -0.2) is 15.5 Å². The first-order valence-electron chi connectivity index (χ1n) is 9.82. The summed E-state index contributed by atoms with van der Waals surface area (Å²) in [6, 6.07) is 17.5. The Kier molecular flexibility index (Phi) is 6.41. The summed E-state index contributed by atoms with van der Waals surface area (Å²) in [5, 5.41) is 28.1. The van der Waals surface area contributed by atoms with Crippen LogP contribution in [0.15, 0.2) is 69.6 Å². The second-order valence-corrected chi connectivity index (χ2v) is 7.51. The van der Waals surface area contributed by atoms with Gasteiger partial charge in [0.15, 0.2) is 11.5 Å². The number of carbonyl (C=O) groups excluding carboxylic acids is 1. The van der Waals surface area contributed by atoms with E-state index in [4.69, 9.17) is 0 Å². The van der Waals surface area contributed by atoms with Crippen molar-refractivity contribution in [1.82, 2.24) is 4.57 Å². The van der Waals surface area contributed by atoms with Crippen LogP contribution in [0.25, 0.3) is 0 Å². The average molecular weight is 414 g/mol. The number of azo groups is 1. The molecule has 0 aliphatic rings. The maximum absolute atomic E-state index is 12.9. The number of aromatic hydroxyl groups is 1. The topological polar surface area (TPSA) is 108 Å². The normalized spacial score (nSPS) is 11.1. The first-order chi connectivity index (χ1) is 14.8. The quantitative estimate of drug-likeness (QED) is 0.450. The molecule has 7 nitrogen and oxygen atoms in total. The minimum Gasteiger partial charge on any atom is -0.493 e. The van der Waals surface area contributed by atoms with Crippen molar-refractivity contribution >= 4 is 17.2 Å². The van der Waals surface area contributed by atoms with Crippen LogP contribution in [-0.2, 0) is 6.54 Å². The van der Waals surface area contributed by atoms with Crippen molar-refractivity contribution in [2.75, 3.05) is 0 Å². The van der Waals surface area contributed by atoms with Crippen molar-refractivity contribution in [3.8, 4) is 11.9 Å². The van der Waals surface area contributed by atoms with Gasteiger partial charge >= 0.3 is 0 Å². The Morgan fingerprint density at radius 2 is 1.74 bits per heavy atom. The van der Waals surface area contributed by atoms with E-state index in [-0.39, 0.29) is 40.9 Å². The Hall–Kier alpha value is -4.05. The van der Waals surface area contributed by atoms with E-state index >= 15 is 0 Å². The maximum atomic E-state index is 12.9. The average Bonchev–Trinajstić information content (AvgIpc) is 2.77. The monoisotopic (exact) mass is 414 g/mol. The fourth-order valence-electron chi connectivity index (χ4n) is 3.19. The highest BCUT2D eigenvalue weighted by atomic mass is 16.3. The number of nitrogens with zero attached hydrogens (tertiary/aromatic N) is 4. The van der Waals surface area contributed by atoms with E-state index in [0.29, 0.717) is 16.8 Å². The molecule has 0 radical (unpaired) electrons. The van der Waals surface area contributed by atoms with Crippen molar-refractivity contribution in [3.63, 3.8) is 0 Å². The molecular weight excluding hydrogens is 392 g/mol. The Balaban J connectivity index is 2.11. The van der Waals surface area contributed by atoms with Gasteiger partial charge in [0.2, 0.25) is 5.88 Å². The molecule has 3 aromatic rings. The molecule has 0 saturated heterocycles. The molecule has 0 unspecified atom stereocenters. The number of hydrogen-bond acceptors (Lipinski definition) is 6. The lowest BCUT2D eigenvalue weighted by Crippen LogP contribution is -2.24. The van der Waals surface area contributed by atoms with Crippen LogP contribution in [0.3, 0.4) is 0 Å². The van der Waals surface area contributed by atoms with E-state index in [2.05, 4.69) is 10.2 Å². The zero-order valence-electron chi connectivity index (χ0n) is 17.5. The number of ketones is 1. The van der Waals surface area contributed by atoms with Gasteiger partial charge in [-0.05, 0) is 25.0 Å². The molecule has 0 bridgehead atoms. The largest absolute Gasteiger partial charge is 0.493 e. The van der Waals surface area contributed by atoms with Gasteiger partial charge in [0, 0.05) is 17.7 Å². The number of rotatable bonds is 6. The van der Waals surface area contributed by atoms with E-state index in [1.54, 1.807) is 48.5 Å². The number of hydrogen-bond donors (Lipinski definition) is 1. The Bertz CT molecular complexity index is 1250. The van der Waals surface area contributed by atoms with Crippen LogP contribution in [0.1, 0.15) is 40.9 Å². The minimum absolute atomic E-state index is 0.0251. The van der Waals surface area contributed by atoms with Gasteiger partial charge < -0.3 is 5.11 Å². The second kappa shape index (κ2) is 9.18. The van der Waals surface area contributed by atoms with Gasteiger partial charge in [0.25, 0.3) is 5.56 Å². The molecule has 1 N–H and O–H groups in total. The molecule has 0 fully saturated rings. The van der Waals surface area contributed by atoms with Crippen LogP contribution in [0, 0.1) is 24.2 Å². The Morgan fingerprint density at radius 3 is 2.39 bits per heavy atom. The van der Waals surface area contributed by atoms with E-state index in [9.17, 15) is 20.0 Å². The van der Waals surface area contributed by atoms with Crippen LogP contribution >= 0.6 is 0 Å². The molecule has 1 aromatic heterocycles. The predicted molar refractivity (Wildman–Crippen MR) is 117 cm³/mol. The van der Waals surface area contributed by atoms with E-state index in [0.717, 1.165) is 4.57 Å². The third-order valence-electron chi connectivity index (χ3n) is 4.76. The number of benzene rings is 2. The molecule has 0 saturated carbocycles. The van der Waals surface area contributed by atoms with Gasteiger partial charge in [0.05, 0.1) is 11.3 Å². The lowest BCUT2D eigenvalue weighted by molar-refractivity contribution is 0.103. The van der Waals surface area contributed by atoms with E-state index < -0.39 is 5.56 Å². The zero-order chi connectivity index (χ0) is 22.5. The molecule has 0 spiro atoms. The van der Waals surface area contributed by atoms with Gasteiger partial charge in [-0.25, -0.2) is 0 Å². The molecule has 0 aliphatic carbocycles. The highest BCUT2D eigenvalue weighted by Gasteiger charge is 2.20. The summed E-state index contributed by atoms with van der Waals surface area (Å²) in [7, 11) is 0. The first-order valence-corrected chi connectivity index (χ1v) is 9.82. The minimum atomic E-state index is -0.543. The van der Waals surface area contributed by atoms with Crippen molar-refractivity contribution in [1.29, 1.82) is 5.26 Å². The SMILES string of the molecule is Cc1c(C#N)c(O)n(CC(C)C)c(=O)c1N=Nc1ccccc1C(=O)c1ccccc1. The summed E-state index contributed by atoms with van der Waals surface area (Å²) in [4.78, 5) is 25.8. The summed E-state index contributed by atoms with van der Waals surface area (Å²) >= 11 is 0. The number of pyridine rings is 1. The summed E-state index contributed by atoms with van der Waals surface area (Å²) < 4.78 is 1.13. The number of nitriles is 1. The second-order valence-electron chi connectivity index (χ2n) is 7.51. The van der Waals surface area contributed by atoms with E-state index in [1.807, 2.05) is 26.0 Å². The Morgan fingerprint density at radius 1 is 1.10 bits per heavy atom. The van der Waals surface area contributed by atoms with E-state index in [1.165, 1.54) is 6.92 Å². The molecule has 0 atom stereocenters. The fourth-order valence-corrected chi connectivity index (χ4v) is 3.19. The van der Waals surface area contributed by atoms with Crippen LogP contribution < -0.4 is 5.56 Å². The van der Waals surface area contributed by atoms with Gasteiger partial charge in [-0.2, -0.15) is 5.26 Å². The highest BCUT2D eigenvalue weighted by molar-refractivity contribution is 6.11. The predicted octanol–water partition coefficient (Wildman–Crippen LogP) is 5.04. The fraction of sp³-hybridized carbons (Fsp3) is 0.208. The van der Waals surface area contributed by atoms with Crippen LogP contribution in [0.2, 0.25) is 0 Å². The molecular formula is C24H22N4O3. The highest BCUT2D eigenvalue weighted by Crippen LogP contribution is 2.29. The van der Waals surface area contributed by atoms with Crippen molar-refractivity contribution in [2.24, 2.45) is 16.1 Å². The summed E-state index contributed by atoms with van der Waals surface area (Å²) in [6.45, 7) is 5.55. The number of carbonyl (C=O) groups is 1. The summed E-state index contributed by atoms with van der Waals surface area (Å²) in [5.41, 5.74) is 0.782. The molecule has 31 heavy (non-hydrogen) atoms. The van der Waals surface area contributed by atoms with Gasteiger partial charge in [-0.1, -0.05) is 56.3 Å². The van der Waals surface area contributed by atoms with Crippen molar-refractivity contribution < 1.29 is 9.90 Å². The molecule has 0 aliphatic heterocycles. The third kappa shape index (κ3) is 4.43. The number of aromatic nitrogens is 1. The third-order valence-corrected chi connectivity index (χ3v) is 4.76. The molecule has 7 heteroatoms. The molecule has 156 valence electrons. The Labute approximate surface area is 179 Å². The lowest BCUT2D eigenvalue weighted by Gasteiger charge is -2.14. The first kappa shape index (κ1) is 21.7. The van der Waals surface area contributed by atoms with Gasteiger partial charge in [-0.3, -0.25) is 14.2 Å². The zero-order valence-corrected chi connectivity index (χ0v) is 17.5.